The van der Waals surface area contributed by atoms with Crippen LogP contribution in [0.2, 0.25) is 0 Å². The third-order valence-electron chi connectivity index (χ3n) is 8.04. The summed E-state index contributed by atoms with van der Waals surface area (Å²) in [5, 5.41) is 20.5. The number of nitrogens with one attached hydrogen (secondary N) is 3. The lowest BCUT2D eigenvalue weighted by Gasteiger charge is -2.48. The molecule has 3 N–H and O–H groups in total. The molecule has 4 fully saturated rings. The molecule has 0 atom stereocenters. The molecule has 4 heterocycles. The molecule has 8 nitrogen and oxygen atoms in total. The highest BCUT2D eigenvalue weighted by Gasteiger charge is 2.40. The van der Waals surface area contributed by atoms with Gasteiger partial charge in [-0.25, -0.2) is 0 Å². The minimum Gasteiger partial charge on any atom is -0.457 e. The van der Waals surface area contributed by atoms with E-state index >= 15 is 0 Å². The minimum atomic E-state index is -0.127. The van der Waals surface area contributed by atoms with Gasteiger partial charge in [-0.2, -0.15) is 0 Å². The first kappa shape index (κ1) is 27.4. The van der Waals surface area contributed by atoms with Gasteiger partial charge >= 0.3 is 0 Å². The van der Waals surface area contributed by atoms with Crippen molar-refractivity contribution >= 4 is 33.7 Å². The van der Waals surface area contributed by atoms with Crippen molar-refractivity contribution in [1.29, 1.82) is 10.8 Å². The molecule has 206 valence electrons. The standard InChI is InChI=1S/C30H37N5O3S/c1-20(2)27(31)39-28(32)21-7-9-24(10-8-21)38-25-18-22(5-6-23(25)19-35-14-3-4-26(35)36)29(37)33-30-11-15-34(16-12-30)17-13-30/h5-10,18,20,31-32H,3-4,11-17,19H2,1-2H3,(H,33,37). The molecule has 0 unspecified atom stereocenters. The van der Waals surface area contributed by atoms with Crippen molar-refractivity contribution in [3.8, 4) is 11.5 Å². The fourth-order valence-electron chi connectivity index (χ4n) is 5.41. The van der Waals surface area contributed by atoms with Gasteiger partial charge in [-0.15, -0.1) is 0 Å². The molecular formula is C30H37N5O3S. The van der Waals surface area contributed by atoms with Crippen molar-refractivity contribution in [3.63, 3.8) is 0 Å². The molecule has 4 aliphatic heterocycles. The SMILES string of the molecule is CC(C)C(=N)SC(=N)c1ccc(Oc2cc(C(=O)NC34CCN(CC3)CC4)ccc2CN2CCCC2=O)cc1. The van der Waals surface area contributed by atoms with Gasteiger partial charge in [-0.05, 0) is 62.1 Å². The van der Waals surface area contributed by atoms with Crippen LogP contribution in [0.3, 0.4) is 0 Å². The maximum atomic E-state index is 13.4. The van der Waals surface area contributed by atoms with Gasteiger partial charge < -0.3 is 19.9 Å². The summed E-state index contributed by atoms with van der Waals surface area (Å²) in [6.45, 7) is 8.13. The molecule has 6 rings (SSSR count). The highest BCUT2D eigenvalue weighted by molar-refractivity contribution is 8.26. The first-order chi connectivity index (χ1) is 18.7. The van der Waals surface area contributed by atoms with E-state index in [0.29, 0.717) is 45.7 Å². The van der Waals surface area contributed by atoms with Crippen molar-refractivity contribution in [1.82, 2.24) is 15.1 Å². The number of nitrogens with zero attached hydrogens (tertiary/aromatic N) is 2. The predicted molar refractivity (Wildman–Crippen MR) is 155 cm³/mol. The summed E-state index contributed by atoms with van der Waals surface area (Å²) in [4.78, 5) is 30.0. The van der Waals surface area contributed by atoms with E-state index in [1.165, 1.54) is 0 Å². The molecule has 4 saturated heterocycles. The Morgan fingerprint density at radius 1 is 1.03 bits per heavy atom. The Kier molecular flexibility index (Phi) is 8.09. The molecule has 2 aromatic rings. The number of thioether (sulfide) groups is 1. The van der Waals surface area contributed by atoms with Gasteiger partial charge in [0.1, 0.15) is 16.5 Å². The molecule has 4 aliphatic rings. The van der Waals surface area contributed by atoms with Gasteiger partial charge in [-0.1, -0.05) is 31.7 Å². The molecule has 2 aromatic carbocycles. The van der Waals surface area contributed by atoms with Gasteiger partial charge in [0, 0.05) is 67.3 Å². The van der Waals surface area contributed by atoms with Gasteiger partial charge in [0.25, 0.3) is 5.91 Å². The van der Waals surface area contributed by atoms with Crippen LogP contribution in [0.25, 0.3) is 0 Å². The summed E-state index contributed by atoms with van der Waals surface area (Å²) in [5.74, 6) is 1.26. The fourth-order valence-corrected chi connectivity index (χ4v) is 6.12. The minimum absolute atomic E-state index is 0.0777. The topological polar surface area (TPSA) is 110 Å². The fraction of sp³-hybridized carbons (Fsp3) is 0.467. The van der Waals surface area contributed by atoms with Crippen LogP contribution in [-0.4, -0.2) is 63.4 Å². The Balaban J connectivity index is 1.35. The Bertz CT molecular complexity index is 1250. The summed E-state index contributed by atoms with van der Waals surface area (Å²) in [6.07, 6.45) is 4.36. The zero-order chi connectivity index (χ0) is 27.6. The van der Waals surface area contributed by atoms with Crippen molar-refractivity contribution in [3.05, 3.63) is 59.2 Å². The predicted octanol–water partition coefficient (Wildman–Crippen LogP) is 5.26. The van der Waals surface area contributed by atoms with Crippen LogP contribution in [0.15, 0.2) is 42.5 Å². The van der Waals surface area contributed by atoms with Crippen LogP contribution < -0.4 is 10.1 Å². The first-order valence-electron chi connectivity index (χ1n) is 13.8. The zero-order valence-corrected chi connectivity index (χ0v) is 23.5. The molecule has 0 aliphatic carbocycles. The number of likely N-dealkylation sites (tertiary alicyclic amines) is 1. The lowest BCUT2D eigenvalue weighted by Crippen LogP contribution is -2.61. The van der Waals surface area contributed by atoms with Crippen LogP contribution in [0.4, 0.5) is 0 Å². The molecule has 0 saturated carbocycles. The third-order valence-corrected chi connectivity index (χ3v) is 9.17. The monoisotopic (exact) mass is 547 g/mol. The average molecular weight is 548 g/mol. The number of rotatable bonds is 8. The number of benzene rings is 2. The molecule has 0 spiro atoms. The van der Waals surface area contributed by atoms with E-state index in [1.807, 2.05) is 43.0 Å². The molecule has 39 heavy (non-hydrogen) atoms. The van der Waals surface area contributed by atoms with Crippen LogP contribution in [0.1, 0.15) is 67.4 Å². The van der Waals surface area contributed by atoms with Crippen LogP contribution >= 0.6 is 11.8 Å². The molecule has 2 amide bonds. The van der Waals surface area contributed by atoms with E-state index < -0.39 is 0 Å². The largest absolute Gasteiger partial charge is 0.457 e. The van der Waals surface area contributed by atoms with Crippen molar-refractivity contribution in [2.45, 2.75) is 58.0 Å². The number of carbonyl (C=O) groups excluding carboxylic acids is 2. The second-order valence-corrected chi connectivity index (χ2v) is 12.2. The van der Waals surface area contributed by atoms with Crippen molar-refractivity contribution in [2.24, 2.45) is 5.92 Å². The Labute approximate surface area is 234 Å². The second-order valence-electron chi connectivity index (χ2n) is 11.1. The third kappa shape index (κ3) is 6.36. The van der Waals surface area contributed by atoms with Crippen LogP contribution in [0.5, 0.6) is 11.5 Å². The smallest absolute Gasteiger partial charge is 0.251 e. The average Bonchev–Trinajstić information content (AvgIpc) is 3.34. The molecule has 0 radical (unpaired) electrons. The number of piperidine rings is 3. The number of amides is 2. The number of hydrogen-bond acceptors (Lipinski definition) is 7. The lowest BCUT2D eigenvalue weighted by atomic mass is 9.80. The van der Waals surface area contributed by atoms with E-state index in [-0.39, 0.29) is 23.3 Å². The number of hydrogen-bond donors (Lipinski definition) is 3. The van der Waals surface area contributed by atoms with Crippen LogP contribution in [-0.2, 0) is 11.3 Å². The maximum absolute atomic E-state index is 13.4. The molecule has 9 heteroatoms. The number of fused-ring (bicyclic) bond motifs is 3. The summed E-state index contributed by atoms with van der Waals surface area (Å²) in [7, 11) is 0. The Morgan fingerprint density at radius 3 is 2.31 bits per heavy atom. The summed E-state index contributed by atoms with van der Waals surface area (Å²) < 4.78 is 6.31. The summed E-state index contributed by atoms with van der Waals surface area (Å²) in [5.41, 5.74) is 1.98. The van der Waals surface area contributed by atoms with Gasteiger partial charge in [-0.3, -0.25) is 20.4 Å². The van der Waals surface area contributed by atoms with E-state index in [2.05, 4.69) is 10.2 Å². The van der Waals surface area contributed by atoms with Gasteiger partial charge in [0.05, 0.1) is 5.04 Å². The molecule has 0 aromatic heterocycles. The summed E-state index contributed by atoms with van der Waals surface area (Å²) >= 11 is 1.16. The van der Waals surface area contributed by atoms with E-state index in [4.69, 9.17) is 15.6 Å². The summed E-state index contributed by atoms with van der Waals surface area (Å²) in [6, 6.07) is 12.7. The van der Waals surface area contributed by atoms with Crippen molar-refractivity contribution in [2.75, 3.05) is 26.2 Å². The maximum Gasteiger partial charge on any atom is 0.251 e. The molecule has 2 bridgehead atoms. The van der Waals surface area contributed by atoms with Crippen LogP contribution in [0, 0.1) is 16.7 Å². The number of carbonyl (C=O) groups is 2. The lowest BCUT2D eigenvalue weighted by molar-refractivity contribution is -0.128. The van der Waals surface area contributed by atoms with E-state index in [1.54, 1.807) is 18.2 Å². The van der Waals surface area contributed by atoms with Gasteiger partial charge in [0.2, 0.25) is 5.91 Å². The normalized spacial score (nSPS) is 22.3. The van der Waals surface area contributed by atoms with Crippen molar-refractivity contribution < 1.29 is 14.3 Å². The Morgan fingerprint density at radius 2 is 1.69 bits per heavy atom. The van der Waals surface area contributed by atoms with E-state index in [0.717, 1.165) is 69.2 Å². The Hall–Kier alpha value is -3.17. The quantitative estimate of drug-likeness (QED) is 0.308. The van der Waals surface area contributed by atoms with Gasteiger partial charge in [0.15, 0.2) is 0 Å². The highest BCUT2D eigenvalue weighted by atomic mass is 32.2. The zero-order valence-electron chi connectivity index (χ0n) is 22.7. The number of ether oxygens (including phenoxy) is 1. The second kappa shape index (κ2) is 11.5. The first-order valence-corrected chi connectivity index (χ1v) is 14.6. The molecular weight excluding hydrogens is 510 g/mol. The highest BCUT2D eigenvalue weighted by Crippen LogP contribution is 2.33. The van der Waals surface area contributed by atoms with E-state index in [9.17, 15) is 9.59 Å².